The van der Waals surface area contributed by atoms with Crippen molar-refractivity contribution in [2.75, 3.05) is 0 Å². The molecule has 1 aromatic heterocycles. The number of carbonyl (C=O) groups is 3. The van der Waals surface area contributed by atoms with Crippen molar-refractivity contribution < 1.29 is 28.0 Å². The maximum absolute atomic E-state index is 12.9. The summed E-state index contributed by atoms with van der Waals surface area (Å²) in [7, 11) is 0. The van der Waals surface area contributed by atoms with E-state index < -0.39 is 24.0 Å². The largest absolute Gasteiger partial charge is 0.453 e. The number of aromatic nitrogens is 2. The summed E-state index contributed by atoms with van der Waals surface area (Å²) in [6.45, 7) is 4.84. The van der Waals surface area contributed by atoms with Gasteiger partial charge in [0.25, 0.3) is 5.91 Å². The quantitative estimate of drug-likeness (QED) is 0.691. The standard InChI is InChI=1S/C18H21FN4O5/c1-10(2)20-18(26)22-17(25)11(3)27-15(24)9-8-14-21-16(23-28-14)12-4-6-13(19)7-5-12/h4-7,10-11H,8-9H2,1-3H3,(H2,20,22,25,26). The van der Waals surface area contributed by atoms with Crippen LogP contribution in [0.2, 0.25) is 0 Å². The molecule has 0 aliphatic carbocycles. The van der Waals surface area contributed by atoms with E-state index >= 15 is 0 Å². The highest BCUT2D eigenvalue weighted by molar-refractivity contribution is 5.97. The van der Waals surface area contributed by atoms with Crippen molar-refractivity contribution in [3.05, 3.63) is 36.0 Å². The molecule has 150 valence electrons. The topological polar surface area (TPSA) is 123 Å². The van der Waals surface area contributed by atoms with Crippen LogP contribution in [0, 0.1) is 5.82 Å². The first-order valence-corrected chi connectivity index (χ1v) is 8.64. The van der Waals surface area contributed by atoms with Crippen molar-refractivity contribution in [2.45, 2.75) is 45.8 Å². The third-order valence-corrected chi connectivity index (χ3v) is 3.45. The van der Waals surface area contributed by atoms with E-state index in [1.165, 1.54) is 31.2 Å². The van der Waals surface area contributed by atoms with Crippen LogP contribution in [0.25, 0.3) is 11.4 Å². The normalized spacial score (nSPS) is 11.8. The third kappa shape index (κ3) is 6.45. The fourth-order valence-electron chi connectivity index (χ4n) is 2.10. The van der Waals surface area contributed by atoms with Gasteiger partial charge in [-0.3, -0.25) is 14.9 Å². The Bertz CT molecular complexity index is 835. The molecule has 0 radical (unpaired) electrons. The molecule has 9 nitrogen and oxygen atoms in total. The molecule has 1 unspecified atom stereocenters. The minimum absolute atomic E-state index is 0.0964. The highest BCUT2D eigenvalue weighted by Gasteiger charge is 2.20. The van der Waals surface area contributed by atoms with Gasteiger partial charge in [-0.15, -0.1) is 0 Å². The Balaban J connectivity index is 1.80. The summed E-state index contributed by atoms with van der Waals surface area (Å²) < 4.78 is 23.0. The Kier molecular flexibility index (Phi) is 7.19. The minimum Gasteiger partial charge on any atom is -0.453 e. The highest BCUT2D eigenvalue weighted by atomic mass is 19.1. The second-order valence-electron chi connectivity index (χ2n) is 6.27. The molecule has 0 spiro atoms. The van der Waals surface area contributed by atoms with Gasteiger partial charge in [-0.1, -0.05) is 5.16 Å². The number of rotatable bonds is 7. The van der Waals surface area contributed by atoms with Crippen LogP contribution in [0.15, 0.2) is 28.8 Å². The predicted octanol–water partition coefficient (Wildman–Crippen LogP) is 1.97. The van der Waals surface area contributed by atoms with Crippen molar-refractivity contribution in [3.8, 4) is 11.4 Å². The van der Waals surface area contributed by atoms with E-state index in [2.05, 4.69) is 20.8 Å². The number of benzene rings is 1. The van der Waals surface area contributed by atoms with E-state index in [4.69, 9.17) is 9.26 Å². The lowest BCUT2D eigenvalue weighted by atomic mass is 10.2. The summed E-state index contributed by atoms with van der Waals surface area (Å²) in [6.07, 6.45) is -1.13. The molecule has 2 N–H and O–H groups in total. The number of nitrogens with one attached hydrogen (secondary N) is 2. The lowest BCUT2D eigenvalue weighted by Gasteiger charge is -2.14. The van der Waals surface area contributed by atoms with Gasteiger partial charge in [0.1, 0.15) is 5.82 Å². The Morgan fingerprint density at radius 1 is 1.18 bits per heavy atom. The molecule has 0 aliphatic heterocycles. The summed E-state index contributed by atoms with van der Waals surface area (Å²) in [6, 6.07) is 4.76. The second kappa shape index (κ2) is 9.58. The molecule has 1 heterocycles. The van der Waals surface area contributed by atoms with Gasteiger partial charge in [-0.2, -0.15) is 4.98 Å². The van der Waals surface area contributed by atoms with E-state index in [1.54, 1.807) is 13.8 Å². The highest BCUT2D eigenvalue weighted by Crippen LogP contribution is 2.16. The number of urea groups is 1. The number of halogens is 1. The Hall–Kier alpha value is -3.30. The summed E-state index contributed by atoms with van der Waals surface area (Å²) in [5.41, 5.74) is 0.573. The van der Waals surface area contributed by atoms with Crippen molar-refractivity contribution in [2.24, 2.45) is 0 Å². The number of carbonyl (C=O) groups excluding carboxylic acids is 3. The molecule has 28 heavy (non-hydrogen) atoms. The number of esters is 1. The number of aryl methyl sites for hydroxylation is 1. The van der Waals surface area contributed by atoms with E-state index in [1.807, 2.05) is 0 Å². The first-order chi connectivity index (χ1) is 13.2. The first kappa shape index (κ1) is 21.0. The molecule has 0 aliphatic rings. The SMILES string of the molecule is CC(C)NC(=O)NC(=O)C(C)OC(=O)CCc1nc(-c2ccc(F)cc2)no1. The number of nitrogens with zero attached hydrogens (tertiary/aromatic N) is 2. The summed E-state index contributed by atoms with van der Waals surface area (Å²) in [5.74, 6) is -1.30. The van der Waals surface area contributed by atoms with Gasteiger partial charge in [-0.25, -0.2) is 9.18 Å². The summed E-state index contributed by atoms with van der Waals surface area (Å²) in [5, 5.41) is 8.34. The smallest absolute Gasteiger partial charge is 0.321 e. The zero-order valence-electron chi connectivity index (χ0n) is 15.7. The van der Waals surface area contributed by atoms with Crippen LogP contribution >= 0.6 is 0 Å². The zero-order valence-corrected chi connectivity index (χ0v) is 15.7. The third-order valence-electron chi connectivity index (χ3n) is 3.45. The molecule has 1 atom stereocenters. The molecular formula is C18H21FN4O5. The van der Waals surface area contributed by atoms with Crippen LogP contribution in [-0.4, -0.2) is 40.2 Å². The van der Waals surface area contributed by atoms with E-state index in [0.29, 0.717) is 5.56 Å². The fraction of sp³-hybridized carbons (Fsp3) is 0.389. The van der Waals surface area contributed by atoms with Crippen LogP contribution in [0.5, 0.6) is 0 Å². The average molecular weight is 392 g/mol. The van der Waals surface area contributed by atoms with Gasteiger partial charge < -0.3 is 14.6 Å². The minimum atomic E-state index is -1.14. The maximum Gasteiger partial charge on any atom is 0.321 e. The molecule has 0 saturated heterocycles. The number of ether oxygens (including phenoxy) is 1. The monoisotopic (exact) mass is 392 g/mol. The first-order valence-electron chi connectivity index (χ1n) is 8.64. The molecule has 10 heteroatoms. The average Bonchev–Trinajstić information content (AvgIpc) is 3.08. The fourth-order valence-corrected chi connectivity index (χ4v) is 2.10. The van der Waals surface area contributed by atoms with Crippen LogP contribution in [0.4, 0.5) is 9.18 Å². The van der Waals surface area contributed by atoms with Crippen LogP contribution in [-0.2, 0) is 20.7 Å². The van der Waals surface area contributed by atoms with Crippen LogP contribution in [0.1, 0.15) is 33.1 Å². The molecule has 0 bridgehead atoms. The molecule has 2 aromatic rings. The summed E-state index contributed by atoms with van der Waals surface area (Å²) in [4.78, 5) is 39.3. The second-order valence-corrected chi connectivity index (χ2v) is 6.27. The van der Waals surface area contributed by atoms with Gasteiger partial charge in [0.05, 0.1) is 6.42 Å². The van der Waals surface area contributed by atoms with Gasteiger partial charge in [0, 0.05) is 18.0 Å². The van der Waals surface area contributed by atoms with E-state index in [0.717, 1.165) is 0 Å². The van der Waals surface area contributed by atoms with Crippen molar-refractivity contribution >= 4 is 17.9 Å². The zero-order chi connectivity index (χ0) is 20.7. The molecule has 0 saturated carbocycles. The van der Waals surface area contributed by atoms with Gasteiger partial charge >= 0.3 is 12.0 Å². The Labute approximate surface area is 160 Å². The maximum atomic E-state index is 12.9. The molecule has 0 fully saturated rings. The van der Waals surface area contributed by atoms with Crippen molar-refractivity contribution in [1.82, 2.24) is 20.8 Å². The predicted molar refractivity (Wildman–Crippen MR) is 95.4 cm³/mol. The molecule has 3 amide bonds. The summed E-state index contributed by atoms with van der Waals surface area (Å²) >= 11 is 0. The van der Waals surface area contributed by atoms with Gasteiger partial charge in [-0.05, 0) is 45.0 Å². The molecule has 1 aromatic carbocycles. The number of hydrogen-bond acceptors (Lipinski definition) is 7. The Morgan fingerprint density at radius 3 is 2.50 bits per heavy atom. The lowest BCUT2D eigenvalue weighted by molar-refractivity contribution is -0.154. The molecule has 2 rings (SSSR count). The van der Waals surface area contributed by atoms with Gasteiger partial charge in [0.15, 0.2) is 6.10 Å². The van der Waals surface area contributed by atoms with Crippen LogP contribution < -0.4 is 10.6 Å². The lowest BCUT2D eigenvalue weighted by Crippen LogP contribution is -2.46. The van der Waals surface area contributed by atoms with Crippen LogP contribution in [0.3, 0.4) is 0 Å². The number of imide groups is 1. The van der Waals surface area contributed by atoms with Gasteiger partial charge in [0.2, 0.25) is 11.7 Å². The van der Waals surface area contributed by atoms with E-state index in [-0.39, 0.29) is 36.4 Å². The molecular weight excluding hydrogens is 371 g/mol. The van der Waals surface area contributed by atoms with E-state index in [9.17, 15) is 18.8 Å². The number of hydrogen-bond donors (Lipinski definition) is 2. The van der Waals surface area contributed by atoms with Crippen molar-refractivity contribution in [1.29, 1.82) is 0 Å². The Morgan fingerprint density at radius 2 is 1.86 bits per heavy atom. The van der Waals surface area contributed by atoms with Crippen molar-refractivity contribution in [3.63, 3.8) is 0 Å². The number of amides is 3.